The molecule has 1 heterocycles. The molecule has 2 N–H and O–H groups in total. The average molecular weight is 290 g/mol. The third-order valence-electron chi connectivity index (χ3n) is 4.08. The molecule has 0 aromatic heterocycles. The van der Waals surface area contributed by atoms with E-state index in [2.05, 4.69) is 36.6 Å². The van der Waals surface area contributed by atoms with Crippen LogP contribution < -0.4 is 10.6 Å². The lowest BCUT2D eigenvalue weighted by Gasteiger charge is -2.28. The molecule has 1 aromatic rings. The first-order valence-electron chi connectivity index (χ1n) is 7.62. The lowest BCUT2D eigenvalue weighted by Crippen LogP contribution is -2.50. The van der Waals surface area contributed by atoms with Crippen LogP contribution in [0, 0.1) is 0 Å². The molecule has 2 unspecified atom stereocenters. The number of nitrogens with one attached hydrogen (secondary N) is 2. The maximum absolute atomic E-state index is 12.3. The molecule has 2 atom stereocenters. The van der Waals surface area contributed by atoms with Gasteiger partial charge in [-0.3, -0.25) is 4.79 Å². The Morgan fingerprint density at radius 2 is 2.10 bits per heavy atom. The van der Waals surface area contributed by atoms with Gasteiger partial charge in [-0.2, -0.15) is 0 Å². The first-order chi connectivity index (χ1) is 10.00. The summed E-state index contributed by atoms with van der Waals surface area (Å²) in [4.78, 5) is 12.3. The van der Waals surface area contributed by atoms with Gasteiger partial charge in [-0.1, -0.05) is 30.3 Å². The summed E-state index contributed by atoms with van der Waals surface area (Å²) in [6.07, 6.45) is 2.78. The maximum atomic E-state index is 12.3. The van der Waals surface area contributed by atoms with E-state index in [4.69, 9.17) is 4.74 Å². The van der Waals surface area contributed by atoms with Crippen molar-refractivity contribution in [3.05, 3.63) is 35.9 Å². The molecule has 4 heteroatoms. The minimum Gasteiger partial charge on any atom is -0.380 e. The van der Waals surface area contributed by atoms with Crippen molar-refractivity contribution in [1.82, 2.24) is 10.6 Å². The van der Waals surface area contributed by atoms with Gasteiger partial charge in [0, 0.05) is 19.2 Å². The van der Waals surface area contributed by atoms with Crippen LogP contribution >= 0.6 is 0 Å². The van der Waals surface area contributed by atoms with E-state index in [9.17, 15) is 4.79 Å². The van der Waals surface area contributed by atoms with Crippen molar-refractivity contribution in [2.45, 2.75) is 50.8 Å². The van der Waals surface area contributed by atoms with Gasteiger partial charge in [0.25, 0.3) is 0 Å². The molecule has 1 aliphatic rings. The van der Waals surface area contributed by atoms with E-state index in [0.717, 1.165) is 25.8 Å². The molecule has 2 rings (SSSR count). The number of amides is 1. The van der Waals surface area contributed by atoms with Gasteiger partial charge in [0.05, 0.1) is 12.1 Å². The average Bonchev–Trinajstić information content (AvgIpc) is 2.95. The zero-order valence-electron chi connectivity index (χ0n) is 13.2. The first-order valence-corrected chi connectivity index (χ1v) is 7.62. The Kier molecular flexibility index (Phi) is 5.37. The van der Waals surface area contributed by atoms with E-state index in [1.54, 1.807) is 7.11 Å². The SMILES string of the molecule is COC1CNC(C(=O)NC(C)(C)CCc2ccccc2)C1. The van der Waals surface area contributed by atoms with Crippen LogP contribution in [0.3, 0.4) is 0 Å². The largest absolute Gasteiger partial charge is 0.380 e. The molecule has 4 nitrogen and oxygen atoms in total. The second kappa shape index (κ2) is 7.05. The summed E-state index contributed by atoms with van der Waals surface area (Å²) < 4.78 is 5.28. The molecular weight excluding hydrogens is 264 g/mol. The number of benzene rings is 1. The molecule has 0 radical (unpaired) electrons. The van der Waals surface area contributed by atoms with Crippen LogP contribution in [0.15, 0.2) is 30.3 Å². The number of hydrogen-bond donors (Lipinski definition) is 2. The monoisotopic (exact) mass is 290 g/mol. The number of carbonyl (C=O) groups is 1. The standard InChI is InChI=1S/C17H26N2O2/c1-17(2,10-9-13-7-5-4-6-8-13)19-16(20)15-11-14(21-3)12-18-15/h4-8,14-15,18H,9-12H2,1-3H3,(H,19,20). The second-order valence-corrected chi connectivity index (χ2v) is 6.41. The lowest BCUT2D eigenvalue weighted by atomic mass is 9.94. The lowest BCUT2D eigenvalue weighted by molar-refractivity contribution is -0.124. The van der Waals surface area contributed by atoms with E-state index < -0.39 is 0 Å². The predicted molar refractivity (Wildman–Crippen MR) is 84.2 cm³/mol. The molecule has 116 valence electrons. The van der Waals surface area contributed by atoms with E-state index in [-0.39, 0.29) is 23.6 Å². The van der Waals surface area contributed by atoms with Crippen molar-refractivity contribution < 1.29 is 9.53 Å². The molecule has 1 amide bonds. The molecule has 1 saturated heterocycles. The van der Waals surface area contributed by atoms with Crippen molar-refractivity contribution in [1.29, 1.82) is 0 Å². The maximum Gasteiger partial charge on any atom is 0.237 e. The van der Waals surface area contributed by atoms with Gasteiger partial charge in [0.15, 0.2) is 0 Å². The quantitative estimate of drug-likeness (QED) is 0.841. The zero-order chi connectivity index (χ0) is 15.3. The summed E-state index contributed by atoms with van der Waals surface area (Å²) in [5.41, 5.74) is 1.10. The third kappa shape index (κ3) is 4.83. The van der Waals surface area contributed by atoms with Gasteiger partial charge in [-0.05, 0) is 38.7 Å². The molecule has 1 aromatic carbocycles. The van der Waals surface area contributed by atoms with Crippen molar-refractivity contribution in [3.63, 3.8) is 0 Å². The summed E-state index contributed by atoms with van der Waals surface area (Å²) in [6, 6.07) is 10.2. The van der Waals surface area contributed by atoms with Crippen LogP contribution in [0.25, 0.3) is 0 Å². The highest BCUT2D eigenvalue weighted by Crippen LogP contribution is 2.16. The van der Waals surface area contributed by atoms with Gasteiger partial charge in [-0.15, -0.1) is 0 Å². The summed E-state index contributed by atoms with van der Waals surface area (Å²) in [6.45, 7) is 4.91. The summed E-state index contributed by atoms with van der Waals surface area (Å²) in [7, 11) is 1.69. The molecule has 0 bridgehead atoms. The smallest absolute Gasteiger partial charge is 0.237 e. The fourth-order valence-electron chi connectivity index (χ4n) is 2.67. The Labute approximate surface area is 127 Å². The molecule has 0 aliphatic carbocycles. The molecule has 0 saturated carbocycles. The highest BCUT2D eigenvalue weighted by Gasteiger charge is 2.32. The number of rotatable bonds is 6. The van der Waals surface area contributed by atoms with Gasteiger partial charge in [-0.25, -0.2) is 0 Å². The fraction of sp³-hybridized carbons (Fsp3) is 0.588. The topological polar surface area (TPSA) is 50.4 Å². The Morgan fingerprint density at radius 3 is 2.71 bits per heavy atom. The van der Waals surface area contributed by atoms with Gasteiger partial charge in [0.1, 0.15) is 0 Å². The van der Waals surface area contributed by atoms with E-state index >= 15 is 0 Å². The van der Waals surface area contributed by atoms with Crippen molar-refractivity contribution in [2.24, 2.45) is 0 Å². The van der Waals surface area contributed by atoms with Crippen LogP contribution in [0.1, 0.15) is 32.3 Å². The first kappa shape index (κ1) is 16.0. The van der Waals surface area contributed by atoms with Crippen LogP contribution in [-0.4, -0.2) is 37.2 Å². The normalized spacial score (nSPS) is 22.2. The highest BCUT2D eigenvalue weighted by atomic mass is 16.5. The third-order valence-corrected chi connectivity index (χ3v) is 4.08. The minimum atomic E-state index is -0.209. The summed E-state index contributed by atoms with van der Waals surface area (Å²) in [5, 5.41) is 6.37. The summed E-state index contributed by atoms with van der Waals surface area (Å²) in [5.74, 6) is 0.0765. The van der Waals surface area contributed by atoms with Crippen molar-refractivity contribution in [3.8, 4) is 0 Å². The zero-order valence-corrected chi connectivity index (χ0v) is 13.2. The molecular formula is C17H26N2O2. The van der Waals surface area contributed by atoms with Crippen molar-refractivity contribution >= 4 is 5.91 Å². The second-order valence-electron chi connectivity index (χ2n) is 6.41. The number of ether oxygens (including phenoxy) is 1. The molecule has 1 aliphatic heterocycles. The number of carbonyl (C=O) groups excluding carboxylic acids is 1. The van der Waals surface area contributed by atoms with Crippen LogP contribution in [0.2, 0.25) is 0 Å². The highest BCUT2D eigenvalue weighted by molar-refractivity contribution is 5.82. The van der Waals surface area contributed by atoms with Gasteiger partial charge < -0.3 is 15.4 Å². The predicted octanol–water partition coefficient (Wildman–Crippen LogP) is 1.89. The molecule has 1 fully saturated rings. The van der Waals surface area contributed by atoms with Crippen molar-refractivity contribution in [2.75, 3.05) is 13.7 Å². The number of methoxy groups -OCH3 is 1. The number of aryl methyl sites for hydroxylation is 1. The molecule has 0 spiro atoms. The van der Waals surface area contributed by atoms with Crippen LogP contribution in [-0.2, 0) is 16.0 Å². The summed E-state index contributed by atoms with van der Waals surface area (Å²) >= 11 is 0. The van der Waals surface area contributed by atoms with Crippen LogP contribution in [0.5, 0.6) is 0 Å². The Bertz CT molecular complexity index is 459. The fourth-order valence-corrected chi connectivity index (χ4v) is 2.67. The Balaban J connectivity index is 1.81. The van der Waals surface area contributed by atoms with E-state index in [1.807, 2.05) is 18.2 Å². The Hall–Kier alpha value is -1.39. The molecule has 21 heavy (non-hydrogen) atoms. The van der Waals surface area contributed by atoms with E-state index in [1.165, 1.54) is 5.56 Å². The Morgan fingerprint density at radius 1 is 1.38 bits per heavy atom. The van der Waals surface area contributed by atoms with Gasteiger partial charge >= 0.3 is 0 Å². The van der Waals surface area contributed by atoms with Crippen LogP contribution in [0.4, 0.5) is 0 Å². The van der Waals surface area contributed by atoms with Gasteiger partial charge in [0.2, 0.25) is 5.91 Å². The minimum absolute atomic E-state index is 0.0765. The number of hydrogen-bond acceptors (Lipinski definition) is 3. The van der Waals surface area contributed by atoms with E-state index in [0.29, 0.717) is 0 Å².